The van der Waals surface area contributed by atoms with Crippen LogP contribution in [-0.2, 0) is 26.9 Å². The number of piperidine rings is 1. The quantitative estimate of drug-likeness (QED) is 0.325. The van der Waals surface area contributed by atoms with Crippen molar-refractivity contribution in [3.05, 3.63) is 69.7 Å². The predicted molar refractivity (Wildman–Crippen MR) is 147 cm³/mol. The summed E-state index contributed by atoms with van der Waals surface area (Å²) < 4.78 is 48.5. The summed E-state index contributed by atoms with van der Waals surface area (Å²) in [6, 6.07) is 10.8. The number of nitrogens with two attached hydrogens (primary N) is 1. The van der Waals surface area contributed by atoms with Crippen LogP contribution in [0.4, 0.5) is 13.2 Å². The lowest BCUT2D eigenvalue weighted by molar-refractivity contribution is -0.151. The molecule has 40 heavy (non-hydrogen) atoms. The molecule has 5 rings (SSSR count). The maximum Gasteiger partial charge on any atom is 0.416 e. The summed E-state index contributed by atoms with van der Waals surface area (Å²) in [5, 5.41) is 5.54. The van der Waals surface area contributed by atoms with E-state index in [9.17, 15) is 22.8 Å². The van der Waals surface area contributed by atoms with Gasteiger partial charge < -0.3 is 15.4 Å². The third-order valence-corrected chi connectivity index (χ3v) is 8.30. The van der Waals surface area contributed by atoms with E-state index in [4.69, 9.17) is 22.1 Å². The molecule has 2 aromatic carbocycles. The fraction of sp³-hybridized carbons (Fsp3) is 0.333. The van der Waals surface area contributed by atoms with Gasteiger partial charge in [0.05, 0.1) is 29.6 Å². The number of alkyl halides is 3. The predicted octanol–water partition coefficient (Wildman–Crippen LogP) is 5.11. The number of esters is 1. The van der Waals surface area contributed by atoms with Gasteiger partial charge in [-0.15, -0.1) is 0 Å². The molecule has 0 spiro atoms. The lowest BCUT2D eigenvalue weighted by atomic mass is 9.89. The van der Waals surface area contributed by atoms with Crippen LogP contribution in [0.2, 0.25) is 5.02 Å². The van der Waals surface area contributed by atoms with E-state index < -0.39 is 29.2 Å². The minimum absolute atomic E-state index is 0.0457. The summed E-state index contributed by atoms with van der Waals surface area (Å²) >= 11 is 6.98. The first-order chi connectivity index (χ1) is 19.0. The Labute approximate surface area is 237 Å². The number of nitrogens with zero attached hydrogens (tertiary/aromatic N) is 4. The van der Waals surface area contributed by atoms with Gasteiger partial charge in [-0.05, 0) is 55.3 Å². The zero-order valence-electron chi connectivity index (χ0n) is 21.4. The number of fused-ring (bicyclic) bond motifs is 1. The largest absolute Gasteiger partial charge is 0.465 e. The topological polar surface area (TPSA) is 103 Å². The van der Waals surface area contributed by atoms with Crippen molar-refractivity contribution in [3.63, 3.8) is 0 Å². The minimum Gasteiger partial charge on any atom is -0.465 e. The van der Waals surface area contributed by atoms with Gasteiger partial charge in [0.1, 0.15) is 10.4 Å². The van der Waals surface area contributed by atoms with Crippen molar-refractivity contribution in [3.8, 4) is 0 Å². The number of aromatic nitrogens is 2. The number of para-hydroxylation sites is 1. The number of amidine groups is 1. The molecule has 0 radical (unpaired) electrons. The molecule has 0 atom stereocenters. The molecule has 210 valence electrons. The van der Waals surface area contributed by atoms with E-state index in [-0.39, 0.29) is 34.2 Å². The van der Waals surface area contributed by atoms with Gasteiger partial charge in [-0.1, -0.05) is 35.9 Å². The maximum absolute atomic E-state index is 14.0. The van der Waals surface area contributed by atoms with Crippen molar-refractivity contribution >= 4 is 57.0 Å². The highest BCUT2D eigenvalue weighted by atomic mass is 35.5. The molecule has 2 aliphatic rings. The molecule has 0 aliphatic carbocycles. The zero-order chi connectivity index (χ0) is 28.7. The molecule has 13 heteroatoms. The Kier molecular flexibility index (Phi) is 7.68. The van der Waals surface area contributed by atoms with Crippen LogP contribution < -0.4 is 5.73 Å². The van der Waals surface area contributed by atoms with Crippen LogP contribution in [-0.4, -0.2) is 57.0 Å². The lowest BCUT2D eigenvalue weighted by Gasteiger charge is -2.37. The number of halogens is 4. The SMILES string of the molecule is CCOC(=O)C1(N)CCN(C2=NC(=O)C(=C(Cc3ccc(Cl)cc3C(F)(F)F)n3ncc4ccccc43)S2)CC1. The second-order valence-electron chi connectivity index (χ2n) is 9.53. The Morgan fingerprint density at radius 1 is 1.20 bits per heavy atom. The van der Waals surface area contributed by atoms with Gasteiger partial charge >= 0.3 is 12.1 Å². The Bertz CT molecular complexity index is 1540. The second kappa shape index (κ2) is 10.9. The lowest BCUT2D eigenvalue weighted by Crippen LogP contribution is -2.56. The van der Waals surface area contributed by atoms with Crippen LogP contribution in [0.5, 0.6) is 0 Å². The normalized spacial score (nSPS) is 18.7. The molecule has 8 nitrogen and oxygen atoms in total. The van der Waals surface area contributed by atoms with Crippen molar-refractivity contribution in [2.45, 2.75) is 37.9 Å². The van der Waals surface area contributed by atoms with E-state index in [0.717, 1.165) is 23.2 Å². The van der Waals surface area contributed by atoms with Crippen molar-refractivity contribution in [1.82, 2.24) is 14.7 Å². The molecule has 1 amide bonds. The molecular formula is C27H25ClF3N5O3S. The van der Waals surface area contributed by atoms with Crippen molar-refractivity contribution < 1.29 is 27.5 Å². The van der Waals surface area contributed by atoms with Gasteiger partial charge in [-0.25, -0.2) is 4.68 Å². The Hall–Kier alpha value is -3.35. The molecule has 2 N–H and O–H groups in total. The molecular weight excluding hydrogens is 567 g/mol. The molecule has 1 saturated heterocycles. The van der Waals surface area contributed by atoms with Gasteiger partial charge in [0.25, 0.3) is 5.91 Å². The van der Waals surface area contributed by atoms with Gasteiger partial charge in [-0.3, -0.25) is 9.59 Å². The van der Waals surface area contributed by atoms with Crippen LogP contribution in [0, 0.1) is 0 Å². The Morgan fingerprint density at radius 3 is 2.62 bits per heavy atom. The molecule has 1 aromatic heterocycles. The number of aliphatic imine (C=N–C) groups is 1. The summed E-state index contributed by atoms with van der Waals surface area (Å²) in [6.45, 7) is 2.65. The molecule has 1 fully saturated rings. The van der Waals surface area contributed by atoms with Gasteiger partial charge in [0.2, 0.25) is 0 Å². The van der Waals surface area contributed by atoms with Gasteiger partial charge in [-0.2, -0.15) is 23.3 Å². The van der Waals surface area contributed by atoms with E-state index in [1.807, 2.05) is 17.0 Å². The van der Waals surface area contributed by atoms with Crippen LogP contribution in [0.25, 0.3) is 16.6 Å². The Morgan fingerprint density at radius 2 is 1.93 bits per heavy atom. The highest BCUT2D eigenvalue weighted by molar-refractivity contribution is 8.18. The van der Waals surface area contributed by atoms with E-state index in [1.165, 1.54) is 16.8 Å². The van der Waals surface area contributed by atoms with Crippen LogP contribution >= 0.6 is 23.4 Å². The smallest absolute Gasteiger partial charge is 0.416 e. The number of benzene rings is 2. The van der Waals surface area contributed by atoms with Gasteiger partial charge in [0.15, 0.2) is 5.17 Å². The number of hydrogen-bond acceptors (Lipinski definition) is 7. The third-order valence-electron chi connectivity index (χ3n) is 6.92. The van der Waals surface area contributed by atoms with Crippen molar-refractivity contribution in [2.75, 3.05) is 19.7 Å². The van der Waals surface area contributed by atoms with E-state index in [0.29, 0.717) is 36.6 Å². The van der Waals surface area contributed by atoms with Crippen LogP contribution in [0.1, 0.15) is 30.9 Å². The molecule has 0 unspecified atom stereocenters. The first-order valence-corrected chi connectivity index (χ1v) is 13.7. The summed E-state index contributed by atoms with van der Waals surface area (Å²) in [5.41, 5.74) is 5.11. The van der Waals surface area contributed by atoms with E-state index >= 15 is 0 Å². The number of carbonyl (C=O) groups is 2. The monoisotopic (exact) mass is 591 g/mol. The Balaban J connectivity index is 1.51. The molecule has 0 saturated carbocycles. The highest BCUT2D eigenvalue weighted by Gasteiger charge is 2.41. The first kappa shape index (κ1) is 28.2. The van der Waals surface area contributed by atoms with E-state index in [1.54, 1.807) is 25.3 Å². The zero-order valence-corrected chi connectivity index (χ0v) is 22.9. The fourth-order valence-electron chi connectivity index (χ4n) is 4.77. The molecule has 2 aliphatic heterocycles. The number of likely N-dealkylation sites (tertiary alicyclic amines) is 1. The number of hydrogen-bond donors (Lipinski definition) is 1. The summed E-state index contributed by atoms with van der Waals surface area (Å²) in [6.07, 6.45) is -2.71. The second-order valence-corrected chi connectivity index (χ2v) is 10.9. The number of amides is 1. The fourth-order valence-corrected chi connectivity index (χ4v) is 5.98. The number of allylic oxidation sites excluding steroid dienone is 1. The number of rotatable bonds is 5. The van der Waals surface area contributed by atoms with Crippen LogP contribution in [0.15, 0.2) is 58.6 Å². The summed E-state index contributed by atoms with van der Waals surface area (Å²) in [4.78, 5) is 31.8. The van der Waals surface area contributed by atoms with Crippen molar-refractivity contribution in [2.24, 2.45) is 10.7 Å². The number of carbonyl (C=O) groups excluding carboxylic acids is 2. The van der Waals surface area contributed by atoms with Crippen LogP contribution in [0.3, 0.4) is 0 Å². The highest BCUT2D eigenvalue weighted by Crippen LogP contribution is 2.40. The molecule has 3 heterocycles. The standard InChI is InChI=1S/C27H25ClF3N5O3S/c1-2-39-24(38)26(32)9-11-35(12-10-26)25-34-23(37)22(40-25)21(36-20-6-4-3-5-17(20)15-33-36)13-16-7-8-18(28)14-19(16)27(29,30)31/h3-8,14-15H,2,9-13,32H2,1H3. The molecule has 0 bridgehead atoms. The number of ether oxygens (including phenoxy) is 1. The van der Waals surface area contributed by atoms with Crippen molar-refractivity contribution in [1.29, 1.82) is 0 Å². The summed E-state index contributed by atoms with van der Waals surface area (Å²) in [7, 11) is 0. The molecule has 3 aromatic rings. The maximum atomic E-state index is 14.0. The third kappa shape index (κ3) is 5.48. The van der Waals surface area contributed by atoms with E-state index in [2.05, 4.69) is 10.1 Å². The average molecular weight is 592 g/mol. The van der Waals surface area contributed by atoms with Gasteiger partial charge in [0, 0.05) is 29.9 Å². The first-order valence-electron chi connectivity index (χ1n) is 12.5. The summed E-state index contributed by atoms with van der Waals surface area (Å²) in [5.74, 6) is -1.05. The number of thioether (sulfide) groups is 1. The minimum atomic E-state index is -4.65. The average Bonchev–Trinajstić information content (AvgIpc) is 3.52.